The Bertz CT molecular complexity index is 339. The summed E-state index contributed by atoms with van der Waals surface area (Å²) in [6, 6.07) is 5.02. The van der Waals surface area contributed by atoms with E-state index in [4.69, 9.17) is 10.5 Å². The minimum Gasteiger partial charge on any atom is -0.496 e. The Morgan fingerprint density at radius 3 is 2.53 bits per heavy atom. The summed E-state index contributed by atoms with van der Waals surface area (Å²) in [6.45, 7) is 1.20. The molecule has 0 saturated carbocycles. The second-order valence-electron chi connectivity index (χ2n) is 3.54. The van der Waals surface area contributed by atoms with Crippen molar-refractivity contribution < 1.29 is 13.5 Å². The second-order valence-corrected chi connectivity index (χ2v) is 3.54. The molecule has 0 aliphatic rings. The SMILES string of the molecule is COc1ccc(CC(F)(F)CN)cc1C. The molecular weight excluding hydrogens is 200 g/mol. The van der Waals surface area contributed by atoms with Crippen molar-refractivity contribution in [2.45, 2.75) is 19.3 Å². The number of methoxy groups -OCH3 is 1. The van der Waals surface area contributed by atoms with E-state index >= 15 is 0 Å². The molecule has 0 unspecified atom stereocenters. The number of hydrogen-bond donors (Lipinski definition) is 1. The highest BCUT2D eigenvalue weighted by Crippen LogP contribution is 2.23. The third kappa shape index (κ3) is 3.16. The fraction of sp³-hybridized carbons (Fsp3) is 0.455. The molecule has 0 aliphatic carbocycles. The van der Waals surface area contributed by atoms with Gasteiger partial charge in [0.1, 0.15) is 5.75 Å². The highest BCUT2D eigenvalue weighted by atomic mass is 19.3. The first kappa shape index (κ1) is 11.9. The van der Waals surface area contributed by atoms with Gasteiger partial charge in [0.25, 0.3) is 5.92 Å². The van der Waals surface area contributed by atoms with Crippen LogP contribution in [0.5, 0.6) is 5.75 Å². The van der Waals surface area contributed by atoms with Gasteiger partial charge in [0.15, 0.2) is 0 Å². The molecule has 0 aromatic heterocycles. The van der Waals surface area contributed by atoms with Gasteiger partial charge in [0, 0.05) is 6.42 Å². The minimum absolute atomic E-state index is 0.325. The largest absolute Gasteiger partial charge is 0.496 e. The molecule has 0 spiro atoms. The number of hydrogen-bond acceptors (Lipinski definition) is 2. The molecule has 0 heterocycles. The van der Waals surface area contributed by atoms with Crippen molar-refractivity contribution in [3.8, 4) is 5.75 Å². The van der Waals surface area contributed by atoms with Crippen molar-refractivity contribution >= 4 is 0 Å². The van der Waals surface area contributed by atoms with Crippen LogP contribution in [0.4, 0.5) is 8.78 Å². The number of halogens is 2. The summed E-state index contributed by atoms with van der Waals surface area (Å²) in [7, 11) is 1.55. The van der Waals surface area contributed by atoms with Crippen LogP contribution < -0.4 is 10.5 Å². The van der Waals surface area contributed by atoms with Gasteiger partial charge in [0.2, 0.25) is 0 Å². The number of aryl methyl sites for hydroxylation is 1. The van der Waals surface area contributed by atoms with Crippen molar-refractivity contribution in [2.75, 3.05) is 13.7 Å². The maximum Gasteiger partial charge on any atom is 0.264 e. The monoisotopic (exact) mass is 215 g/mol. The summed E-state index contributed by atoms with van der Waals surface area (Å²) in [4.78, 5) is 0. The summed E-state index contributed by atoms with van der Waals surface area (Å²) in [5.74, 6) is -2.13. The van der Waals surface area contributed by atoms with Gasteiger partial charge in [0.05, 0.1) is 13.7 Å². The van der Waals surface area contributed by atoms with Crippen LogP contribution in [0, 0.1) is 6.92 Å². The summed E-state index contributed by atoms with van der Waals surface area (Å²) < 4.78 is 31.0. The minimum atomic E-state index is -2.83. The fourth-order valence-electron chi connectivity index (χ4n) is 1.42. The van der Waals surface area contributed by atoms with Gasteiger partial charge in [-0.05, 0) is 24.1 Å². The zero-order valence-corrected chi connectivity index (χ0v) is 8.89. The predicted octanol–water partition coefficient (Wildman–Crippen LogP) is 2.14. The van der Waals surface area contributed by atoms with Gasteiger partial charge in [-0.2, -0.15) is 0 Å². The lowest BCUT2D eigenvalue weighted by molar-refractivity contribution is 0.0115. The van der Waals surface area contributed by atoms with Crippen LogP contribution in [0.25, 0.3) is 0 Å². The van der Waals surface area contributed by atoms with Crippen LogP contribution >= 0.6 is 0 Å². The fourth-order valence-corrected chi connectivity index (χ4v) is 1.42. The Morgan fingerprint density at radius 1 is 1.40 bits per heavy atom. The van der Waals surface area contributed by atoms with E-state index in [0.29, 0.717) is 11.3 Å². The van der Waals surface area contributed by atoms with Crippen molar-refractivity contribution in [1.29, 1.82) is 0 Å². The Hall–Kier alpha value is -1.16. The summed E-state index contributed by atoms with van der Waals surface area (Å²) >= 11 is 0. The lowest BCUT2D eigenvalue weighted by Gasteiger charge is -2.14. The molecule has 15 heavy (non-hydrogen) atoms. The number of rotatable bonds is 4. The number of nitrogens with two attached hydrogens (primary N) is 1. The van der Waals surface area contributed by atoms with Crippen molar-refractivity contribution in [1.82, 2.24) is 0 Å². The van der Waals surface area contributed by atoms with Gasteiger partial charge in [-0.3, -0.25) is 0 Å². The van der Waals surface area contributed by atoms with Gasteiger partial charge >= 0.3 is 0 Å². The van der Waals surface area contributed by atoms with E-state index in [9.17, 15) is 8.78 Å². The smallest absolute Gasteiger partial charge is 0.264 e. The van der Waals surface area contributed by atoms with E-state index in [1.54, 1.807) is 25.3 Å². The van der Waals surface area contributed by atoms with Crippen LogP contribution in [0.2, 0.25) is 0 Å². The standard InChI is InChI=1S/C11H15F2NO/c1-8-5-9(3-4-10(8)15-2)6-11(12,13)7-14/h3-5H,6-7,14H2,1-2H3. The quantitative estimate of drug-likeness (QED) is 0.835. The topological polar surface area (TPSA) is 35.2 Å². The van der Waals surface area contributed by atoms with E-state index in [0.717, 1.165) is 5.56 Å². The molecular formula is C11H15F2NO. The molecule has 1 aromatic carbocycles. The van der Waals surface area contributed by atoms with Gasteiger partial charge in [-0.15, -0.1) is 0 Å². The van der Waals surface area contributed by atoms with E-state index in [1.165, 1.54) is 0 Å². The zero-order chi connectivity index (χ0) is 11.5. The molecule has 0 aliphatic heterocycles. The maximum absolute atomic E-state index is 13.0. The first-order valence-corrected chi connectivity index (χ1v) is 4.70. The average Bonchev–Trinajstić information content (AvgIpc) is 2.17. The van der Waals surface area contributed by atoms with Crippen LogP contribution in [0.1, 0.15) is 11.1 Å². The highest BCUT2D eigenvalue weighted by Gasteiger charge is 2.27. The lowest BCUT2D eigenvalue weighted by Crippen LogP contribution is -2.30. The van der Waals surface area contributed by atoms with Gasteiger partial charge in [-0.1, -0.05) is 12.1 Å². The number of alkyl halides is 2. The Labute approximate surface area is 88.0 Å². The first-order valence-electron chi connectivity index (χ1n) is 4.70. The van der Waals surface area contributed by atoms with E-state index < -0.39 is 12.5 Å². The normalized spacial score (nSPS) is 11.5. The molecule has 4 heteroatoms. The van der Waals surface area contributed by atoms with Crippen molar-refractivity contribution in [2.24, 2.45) is 5.73 Å². The highest BCUT2D eigenvalue weighted by molar-refractivity contribution is 5.36. The Morgan fingerprint density at radius 2 is 2.07 bits per heavy atom. The van der Waals surface area contributed by atoms with E-state index in [1.807, 2.05) is 6.92 Å². The molecule has 0 atom stereocenters. The Kier molecular flexibility index (Phi) is 3.63. The second kappa shape index (κ2) is 4.57. The van der Waals surface area contributed by atoms with Crippen LogP contribution in [0.3, 0.4) is 0 Å². The summed E-state index contributed by atoms with van der Waals surface area (Å²) in [5.41, 5.74) is 6.40. The maximum atomic E-state index is 13.0. The first-order chi connectivity index (χ1) is 6.98. The van der Waals surface area contributed by atoms with Gasteiger partial charge in [-0.25, -0.2) is 8.78 Å². The van der Waals surface area contributed by atoms with E-state index in [2.05, 4.69) is 0 Å². The number of ether oxygens (including phenoxy) is 1. The average molecular weight is 215 g/mol. The summed E-state index contributed by atoms with van der Waals surface area (Å²) in [6.07, 6.45) is -0.325. The van der Waals surface area contributed by atoms with Crippen molar-refractivity contribution in [3.63, 3.8) is 0 Å². The lowest BCUT2D eigenvalue weighted by atomic mass is 10.0. The molecule has 0 fully saturated rings. The van der Waals surface area contributed by atoms with Crippen LogP contribution in [-0.2, 0) is 6.42 Å². The molecule has 0 amide bonds. The molecule has 0 saturated heterocycles. The molecule has 2 N–H and O–H groups in total. The van der Waals surface area contributed by atoms with E-state index in [-0.39, 0.29) is 6.42 Å². The molecule has 84 valence electrons. The molecule has 2 nitrogen and oxygen atoms in total. The Balaban J connectivity index is 2.84. The third-order valence-electron chi connectivity index (χ3n) is 2.22. The van der Waals surface area contributed by atoms with Crippen LogP contribution in [0.15, 0.2) is 18.2 Å². The predicted molar refractivity (Wildman–Crippen MR) is 55.4 cm³/mol. The molecule has 1 aromatic rings. The van der Waals surface area contributed by atoms with Crippen molar-refractivity contribution in [3.05, 3.63) is 29.3 Å². The molecule has 1 rings (SSSR count). The molecule has 0 bridgehead atoms. The molecule has 0 radical (unpaired) electrons. The summed E-state index contributed by atoms with van der Waals surface area (Å²) in [5, 5.41) is 0. The van der Waals surface area contributed by atoms with Gasteiger partial charge < -0.3 is 10.5 Å². The third-order valence-corrected chi connectivity index (χ3v) is 2.22. The number of benzene rings is 1. The van der Waals surface area contributed by atoms with Crippen LogP contribution in [-0.4, -0.2) is 19.6 Å². The zero-order valence-electron chi connectivity index (χ0n) is 8.89.